The van der Waals surface area contributed by atoms with Gasteiger partial charge in [-0.3, -0.25) is 4.98 Å². The van der Waals surface area contributed by atoms with Crippen molar-refractivity contribution in [2.75, 3.05) is 18.4 Å². The van der Waals surface area contributed by atoms with Gasteiger partial charge in [-0.1, -0.05) is 0 Å². The number of rotatable bonds is 3. The van der Waals surface area contributed by atoms with Gasteiger partial charge in [-0.2, -0.15) is 5.26 Å². The summed E-state index contributed by atoms with van der Waals surface area (Å²) < 4.78 is 5.97. The summed E-state index contributed by atoms with van der Waals surface area (Å²) in [6.45, 7) is 1.18. The summed E-state index contributed by atoms with van der Waals surface area (Å²) >= 11 is 0. The van der Waals surface area contributed by atoms with Crippen LogP contribution in [0.3, 0.4) is 0 Å². The second kappa shape index (κ2) is 6.59. The smallest absolute Gasteiger partial charge is 0.410 e. The summed E-state index contributed by atoms with van der Waals surface area (Å²) in [7, 11) is 0. The van der Waals surface area contributed by atoms with E-state index in [0.29, 0.717) is 36.7 Å². The zero-order valence-electron chi connectivity index (χ0n) is 15.8. The molecule has 5 fully saturated rings. The SMILES string of the molecule is N#Cc1cncc(NC2CCN(C(=O)OC3C4CC5C[C@@H]3CC(O)(C5)C4)C2)n1. The van der Waals surface area contributed by atoms with Crippen molar-refractivity contribution < 1.29 is 14.6 Å². The van der Waals surface area contributed by atoms with Crippen molar-refractivity contribution >= 4 is 11.9 Å². The molecule has 4 saturated carbocycles. The molecule has 1 amide bonds. The van der Waals surface area contributed by atoms with Crippen LogP contribution in [-0.4, -0.2) is 56.9 Å². The standard InChI is InChI=1S/C20H25N5O3/c21-8-16-9-22-10-17(24-16)23-15-1-2-25(11-15)19(26)28-18-13-3-12-4-14(18)7-20(27,5-12)6-13/h9-10,12-15,18,27H,1-7,11H2,(H,23,24)/t12?,13-,14?,15?,18?,20?/m1/s1. The van der Waals surface area contributed by atoms with Crippen molar-refractivity contribution in [1.29, 1.82) is 5.26 Å². The first-order chi connectivity index (χ1) is 13.5. The highest BCUT2D eigenvalue weighted by Gasteiger charge is 2.56. The lowest BCUT2D eigenvalue weighted by Crippen LogP contribution is -2.58. The van der Waals surface area contributed by atoms with Gasteiger partial charge in [0.1, 0.15) is 18.0 Å². The average molecular weight is 383 g/mol. The second-order valence-corrected chi connectivity index (χ2v) is 9.02. The molecule has 5 aliphatic rings. The van der Waals surface area contributed by atoms with Crippen LogP contribution in [0, 0.1) is 29.1 Å². The van der Waals surface area contributed by atoms with E-state index in [4.69, 9.17) is 10.00 Å². The maximum atomic E-state index is 12.8. The minimum Gasteiger partial charge on any atom is -0.446 e. The molecule has 5 unspecified atom stereocenters. The third-order valence-corrected chi connectivity index (χ3v) is 6.94. The second-order valence-electron chi connectivity index (χ2n) is 9.02. The Morgan fingerprint density at radius 1 is 1.32 bits per heavy atom. The van der Waals surface area contributed by atoms with Crippen molar-refractivity contribution in [3.8, 4) is 6.07 Å². The van der Waals surface area contributed by atoms with Crippen LogP contribution in [0.4, 0.5) is 10.6 Å². The lowest BCUT2D eigenvalue weighted by Gasteiger charge is -2.57. The molecule has 28 heavy (non-hydrogen) atoms. The molecule has 4 bridgehead atoms. The Kier molecular flexibility index (Phi) is 4.16. The van der Waals surface area contributed by atoms with E-state index in [1.165, 1.54) is 6.20 Å². The van der Waals surface area contributed by atoms with Crippen molar-refractivity contribution in [3.63, 3.8) is 0 Å². The molecule has 0 radical (unpaired) electrons. The van der Waals surface area contributed by atoms with E-state index >= 15 is 0 Å². The van der Waals surface area contributed by atoms with Crippen LogP contribution in [0.15, 0.2) is 12.4 Å². The van der Waals surface area contributed by atoms with E-state index in [1.54, 1.807) is 11.1 Å². The van der Waals surface area contributed by atoms with Gasteiger partial charge < -0.3 is 20.1 Å². The third kappa shape index (κ3) is 3.18. The average Bonchev–Trinajstić information content (AvgIpc) is 3.12. The van der Waals surface area contributed by atoms with E-state index in [-0.39, 0.29) is 23.9 Å². The van der Waals surface area contributed by atoms with Crippen LogP contribution >= 0.6 is 0 Å². The first kappa shape index (κ1) is 17.7. The summed E-state index contributed by atoms with van der Waals surface area (Å²) in [5.74, 6) is 1.76. The number of nitriles is 1. The van der Waals surface area contributed by atoms with E-state index in [1.807, 2.05) is 6.07 Å². The number of carbonyl (C=O) groups excluding carboxylic acids is 1. The fourth-order valence-electron chi connectivity index (χ4n) is 6.06. The van der Waals surface area contributed by atoms with Crippen LogP contribution < -0.4 is 5.32 Å². The van der Waals surface area contributed by atoms with E-state index < -0.39 is 5.60 Å². The minimum absolute atomic E-state index is 0.0467. The van der Waals surface area contributed by atoms with Gasteiger partial charge in [-0.05, 0) is 56.3 Å². The summed E-state index contributed by atoms with van der Waals surface area (Å²) in [6.07, 6.45) is 8.14. The first-order valence-corrected chi connectivity index (χ1v) is 10.2. The lowest BCUT2D eigenvalue weighted by atomic mass is 9.53. The summed E-state index contributed by atoms with van der Waals surface area (Å²) in [6, 6.07) is 2.04. The van der Waals surface area contributed by atoms with Crippen molar-refractivity contribution in [2.24, 2.45) is 17.8 Å². The number of amides is 1. The Morgan fingerprint density at radius 2 is 2.11 bits per heavy atom. The Bertz CT molecular complexity index is 808. The number of carbonyl (C=O) groups is 1. The Balaban J connectivity index is 1.18. The predicted molar refractivity (Wildman–Crippen MR) is 99.1 cm³/mol. The summed E-state index contributed by atoms with van der Waals surface area (Å²) in [4.78, 5) is 22.7. The number of anilines is 1. The number of ether oxygens (including phenoxy) is 1. The maximum absolute atomic E-state index is 12.8. The molecule has 6 atom stereocenters. The van der Waals surface area contributed by atoms with Gasteiger partial charge in [0.05, 0.1) is 18.0 Å². The first-order valence-electron chi connectivity index (χ1n) is 10.2. The van der Waals surface area contributed by atoms with E-state index in [9.17, 15) is 9.90 Å². The van der Waals surface area contributed by atoms with Crippen LogP contribution in [0.1, 0.15) is 44.2 Å². The van der Waals surface area contributed by atoms with Gasteiger partial charge in [0, 0.05) is 19.1 Å². The molecule has 8 heteroatoms. The van der Waals surface area contributed by atoms with Crippen molar-refractivity contribution in [2.45, 2.75) is 56.3 Å². The molecular formula is C20H25N5O3. The zero-order valence-corrected chi connectivity index (χ0v) is 15.8. The topological polar surface area (TPSA) is 111 Å². The Hall–Kier alpha value is -2.40. The highest BCUT2D eigenvalue weighted by molar-refractivity contribution is 5.68. The van der Waals surface area contributed by atoms with Gasteiger partial charge in [0.2, 0.25) is 0 Å². The molecule has 1 aromatic heterocycles. The number of nitrogens with zero attached hydrogens (tertiary/aromatic N) is 4. The van der Waals surface area contributed by atoms with Gasteiger partial charge in [0.25, 0.3) is 0 Å². The molecule has 148 valence electrons. The van der Waals surface area contributed by atoms with Crippen LogP contribution in [0.5, 0.6) is 0 Å². The Morgan fingerprint density at radius 3 is 2.82 bits per heavy atom. The number of aromatic nitrogens is 2. The monoisotopic (exact) mass is 383 g/mol. The molecule has 2 N–H and O–H groups in total. The summed E-state index contributed by atoms with van der Waals surface area (Å²) in [5.41, 5.74) is -0.246. The molecular weight excluding hydrogens is 358 g/mol. The largest absolute Gasteiger partial charge is 0.446 e. The molecule has 8 nitrogen and oxygen atoms in total. The molecule has 2 heterocycles. The van der Waals surface area contributed by atoms with Crippen molar-refractivity contribution in [1.82, 2.24) is 14.9 Å². The number of likely N-dealkylation sites (tertiary alicyclic amines) is 1. The molecule has 1 aromatic rings. The van der Waals surface area contributed by atoms with Gasteiger partial charge in [-0.15, -0.1) is 0 Å². The fraction of sp³-hybridized carbons (Fsp3) is 0.700. The molecule has 0 aromatic carbocycles. The van der Waals surface area contributed by atoms with Crippen LogP contribution in [0.25, 0.3) is 0 Å². The van der Waals surface area contributed by atoms with Crippen molar-refractivity contribution in [3.05, 3.63) is 18.1 Å². The fourth-order valence-corrected chi connectivity index (χ4v) is 6.06. The van der Waals surface area contributed by atoms with E-state index in [0.717, 1.165) is 38.5 Å². The predicted octanol–water partition coefficient (Wildman–Crippen LogP) is 1.91. The Labute approximate surface area is 163 Å². The molecule has 1 aliphatic heterocycles. The molecule has 0 spiro atoms. The highest BCUT2D eigenvalue weighted by Crippen LogP contribution is 2.56. The highest BCUT2D eigenvalue weighted by atomic mass is 16.6. The minimum atomic E-state index is -0.513. The number of hydrogen-bond acceptors (Lipinski definition) is 7. The maximum Gasteiger partial charge on any atom is 0.410 e. The normalized spacial score (nSPS) is 38.3. The van der Waals surface area contributed by atoms with Gasteiger partial charge in [-0.25, -0.2) is 9.78 Å². The number of hydrogen-bond donors (Lipinski definition) is 2. The quantitative estimate of drug-likeness (QED) is 0.820. The number of aliphatic hydroxyl groups is 1. The lowest BCUT2D eigenvalue weighted by molar-refractivity contribution is -0.177. The molecule has 6 rings (SSSR count). The molecule has 1 saturated heterocycles. The van der Waals surface area contributed by atoms with Crippen LogP contribution in [0.2, 0.25) is 0 Å². The van der Waals surface area contributed by atoms with Gasteiger partial charge >= 0.3 is 6.09 Å². The third-order valence-electron chi connectivity index (χ3n) is 6.94. The summed E-state index contributed by atoms with van der Waals surface area (Å²) in [5, 5.41) is 22.9. The van der Waals surface area contributed by atoms with Crippen LogP contribution in [-0.2, 0) is 4.74 Å². The molecule has 4 aliphatic carbocycles. The zero-order chi connectivity index (χ0) is 19.3. The van der Waals surface area contributed by atoms with E-state index in [2.05, 4.69) is 15.3 Å². The number of nitrogens with one attached hydrogen (secondary N) is 1. The van der Waals surface area contributed by atoms with Gasteiger partial charge in [0.15, 0.2) is 5.69 Å².